The predicted molar refractivity (Wildman–Crippen MR) is 97.7 cm³/mol. The van der Waals surface area contributed by atoms with Crippen LogP contribution in [0.1, 0.15) is 10.4 Å². The lowest BCUT2D eigenvalue weighted by Crippen LogP contribution is -2.19. The van der Waals surface area contributed by atoms with Crippen LogP contribution in [0, 0.1) is 0 Å². The van der Waals surface area contributed by atoms with Gasteiger partial charge in [0.25, 0.3) is 5.91 Å². The molecule has 0 fully saturated rings. The largest absolute Gasteiger partial charge is 0.322 e. The van der Waals surface area contributed by atoms with Gasteiger partial charge in [-0.15, -0.1) is 0 Å². The molecular weight excluding hydrogens is 362 g/mol. The Kier molecular flexibility index (Phi) is 4.46. The Labute approximate surface area is 148 Å². The Balaban J connectivity index is 1.90. The number of hydrogen-bond donors (Lipinski definition) is 2. The minimum absolute atomic E-state index is 0.0133. The van der Waals surface area contributed by atoms with Crippen LogP contribution < -0.4 is 14.9 Å². The van der Waals surface area contributed by atoms with Gasteiger partial charge in [0.1, 0.15) is 0 Å². The fourth-order valence-corrected chi connectivity index (χ4v) is 4.03. The second kappa shape index (κ2) is 6.43. The number of rotatable bonds is 4. The van der Waals surface area contributed by atoms with Crippen molar-refractivity contribution in [1.82, 2.24) is 9.29 Å². The first kappa shape index (κ1) is 17.3. The van der Waals surface area contributed by atoms with Gasteiger partial charge in [-0.3, -0.25) is 9.59 Å². The van der Waals surface area contributed by atoms with Crippen LogP contribution in [-0.2, 0) is 17.1 Å². The van der Waals surface area contributed by atoms with E-state index in [0.29, 0.717) is 5.69 Å². The molecule has 1 aromatic heterocycles. The van der Waals surface area contributed by atoms with Crippen molar-refractivity contribution >= 4 is 43.2 Å². The maximum atomic E-state index is 12.4. The summed E-state index contributed by atoms with van der Waals surface area (Å²) in [7, 11) is -0.628. The Hall–Kier alpha value is -2.49. The minimum atomic E-state index is -3.62. The molecule has 2 aromatic carbocycles. The monoisotopic (exact) mass is 377 g/mol. The molecule has 0 spiro atoms. The quantitative estimate of drug-likeness (QED) is 0.724. The molecule has 7 nitrogen and oxygen atoms in total. The Morgan fingerprint density at radius 3 is 2.64 bits per heavy atom. The highest BCUT2D eigenvalue weighted by Gasteiger charge is 2.15. The molecule has 0 aliphatic heterocycles. The van der Waals surface area contributed by atoms with E-state index >= 15 is 0 Å². The van der Waals surface area contributed by atoms with Gasteiger partial charge < -0.3 is 9.88 Å². The molecule has 0 saturated heterocycles. The van der Waals surface area contributed by atoms with Crippen molar-refractivity contribution < 1.29 is 13.2 Å². The second-order valence-electron chi connectivity index (χ2n) is 5.30. The standard InChI is InChI=1S/C16H15N3O4S2/c1-17-25(22,23)12-5-3-4-10(8-12)15(20)18-11-6-7-13-14(9-11)24-16(21)19(13)2/h3-9,17H,1-2H3,(H,18,20). The van der Waals surface area contributed by atoms with Crippen LogP contribution in [0.4, 0.5) is 5.69 Å². The third-order valence-electron chi connectivity index (χ3n) is 3.73. The van der Waals surface area contributed by atoms with Gasteiger partial charge in [-0.1, -0.05) is 17.4 Å². The van der Waals surface area contributed by atoms with E-state index in [0.717, 1.165) is 21.6 Å². The van der Waals surface area contributed by atoms with Crippen LogP contribution in [-0.4, -0.2) is 25.9 Å². The Morgan fingerprint density at radius 2 is 1.92 bits per heavy atom. The highest BCUT2D eigenvalue weighted by molar-refractivity contribution is 7.89. The van der Waals surface area contributed by atoms with Gasteiger partial charge in [-0.25, -0.2) is 13.1 Å². The molecule has 0 aliphatic carbocycles. The molecule has 0 saturated carbocycles. The molecule has 2 N–H and O–H groups in total. The van der Waals surface area contributed by atoms with Gasteiger partial charge in [-0.05, 0) is 43.4 Å². The fourth-order valence-electron chi connectivity index (χ4n) is 2.34. The van der Waals surface area contributed by atoms with Crippen molar-refractivity contribution in [2.45, 2.75) is 4.90 Å². The Morgan fingerprint density at radius 1 is 1.16 bits per heavy atom. The highest BCUT2D eigenvalue weighted by atomic mass is 32.2. The van der Waals surface area contributed by atoms with E-state index in [4.69, 9.17) is 0 Å². The smallest absolute Gasteiger partial charge is 0.307 e. The van der Waals surface area contributed by atoms with Crippen molar-refractivity contribution in [1.29, 1.82) is 0 Å². The number of thiazole rings is 1. The first-order valence-electron chi connectivity index (χ1n) is 7.26. The van der Waals surface area contributed by atoms with Crippen LogP contribution in [0.25, 0.3) is 10.2 Å². The van der Waals surface area contributed by atoms with Crippen LogP contribution >= 0.6 is 11.3 Å². The lowest BCUT2D eigenvalue weighted by atomic mass is 10.2. The molecule has 25 heavy (non-hydrogen) atoms. The second-order valence-corrected chi connectivity index (χ2v) is 8.18. The Bertz CT molecular complexity index is 1130. The third-order valence-corrected chi connectivity index (χ3v) is 6.13. The van der Waals surface area contributed by atoms with Crippen LogP contribution in [0.15, 0.2) is 52.2 Å². The van der Waals surface area contributed by atoms with E-state index in [1.807, 2.05) is 0 Å². The molecule has 0 bridgehead atoms. The first-order chi connectivity index (χ1) is 11.8. The maximum Gasteiger partial charge on any atom is 0.307 e. The summed E-state index contributed by atoms with van der Waals surface area (Å²) in [5, 5.41) is 2.72. The van der Waals surface area contributed by atoms with Crippen molar-refractivity contribution in [2.24, 2.45) is 7.05 Å². The van der Waals surface area contributed by atoms with E-state index in [9.17, 15) is 18.0 Å². The summed E-state index contributed by atoms with van der Waals surface area (Å²) >= 11 is 1.09. The van der Waals surface area contributed by atoms with E-state index in [2.05, 4.69) is 10.0 Å². The average Bonchev–Trinajstić information content (AvgIpc) is 2.88. The zero-order chi connectivity index (χ0) is 18.2. The number of aromatic nitrogens is 1. The third kappa shape index (κ3) is 3.34. The molecule has 0 unspecified atom stereocenters. The number of fused-ring (bicyclic) bond motifs is 1. The fraction of sp³-hybridized carbons (Fsp3) is 0.125. The summed E-state index contributed by atoms with van der Waals surface area (Å²) in [4.78, 5) is 24.0. The van der Waals surface area contributed by atoms with E-state index in [-0.39, 0.29) is 15.3 Å². The number of carbonyl (C=O) groups is 1. The first-order valence-corrected chi connectivity index (χ1v) is 9.56. The summed E-state index contributed by atoms with van der Waals surface area (Å²) in [5.74, 6) is -0.434. The highest BCUT2D eigenvalue weighted by Crippen LogP contribution is 2.22. The number of sulfonamides is 1. The minimum Gasteiger partial charge on any atom is -0.322 e. The summed E-state index contributed by atoms with van der Waals surface area (Å²) < 4.78 is 28.2. The zero-order valence-corrected chi connectivity index (χ0v) is 15.1. The van der Waals surface area contributed by atoms with E-state index in [1.165, 1.54) is 35.9 Å². The summed E-state index contributed by atoms with van der Waals surface area (Å²) in [6.07, 6.45) is 0. The number of anilines is 1. The van der Waals surface area contributed by atoms with Crippen LogP contribution in [0.5, 0.6) is 0 Å². The van der Waals surface area contributed by atoms with Gasteiger partial charge >= 0.3 is 4.87 Å². The van der Waals surface area contributed by atoms with Gasteiger partial charge in [0, 0.05) is 18.3 Å². The maximum absolute atomic E-state index is 12.4. The molecule has 0 atom stereocenters. The predicted octanol–water partition coefficient (Wildman–Crippen LogP) is 1.76. The van der Waals surface area contributed by atoms with E-state index < -0.39 is 15.9 Å². The van der Waals surface area contributed by atoms with Gasteiger partial charge in [0.15, 0.2) is 0 Å². The van der Waals surface area contributed by atoms with E-state index in [1.54, 1.807) is 25.2 Å². The summed E-state index contributed by atoms with van der Waals surface area (Å²) in [6.45, 7) is 0. The topological polar surface area (TPSA) is 97.3 Å². The molecule has 0 radical (unpaired) electrons. The van der Waals surface area contributed by atoms with Crippen molar-refractivity contribution in [3.63, 3.8) is 0 Å². The van der Waals surface area contributed by atoms with Gasteiger partial charge in [0.2, 0.25) is 10.0 Å². The molecule has 1 amide bonds. The number of nitrogens with one attached hydrogen (secondary N) is 2. The number of carbonyl (C=O) groups excluding carboxylic acids is 1. The zero-order valence-electron chi connectivity index (χ0n) is 13.4. The number of amides is 1. The molecule has 3 rings (SSSR count). The van der Waals surface area contributed by atoms with Crippen molar-refractivity contribution in [3.05, 3.63) is 57.7 Å². The molecular formula is C16H15N3O4S2. The van der Waals surface area contributed by atoms with Crippen molar-refractivity contribution in [3.8, 4) is 0 Å². The normalized spacial score (nSPS) is 11.6. The van der Waals surface area contributed by atoms with Crippen molar-refractivity contribution in [2.75, 3.05) is 12.4 Å². The number of benzene rings is 2. The number of hydrogen-bond acceptors (Lipinski definition) is 5. The molecule has 3 aromatic rings. The average molecular weight is 377 g/mol. The molecule has 1 heterocycles. The lowest BCUT2D eigenvalue weighted by Gasteiger charge is -2.08. The summed E-state index contributed by atoms with van der Waals surface area (Å²) in [5.41, 5.74) is 1.54. The van der Waals surface area contributed by atoms with Gasteiger partial charge in [0.05, 0.1) is 15.1 Å². The van der Waals surface area contributed by atoms with Crippen LogP contribution in [0.3, 0.4) is 0 Å². The molecule has 9 heteroatoms. The molecule has 130 valence electrons. The number of aryl methyl sites for hydroxylation is 1. The summed E-state index contributed by atoms with van der Waals surface area (Å²) in [6, 6.07) is 10.9. The lowest BCUT2D eigenvalue weighted by molar-refractivity contribution is 0.102. The van der Waals surface area contributed by atoms with Gasteiger partial charge in [-0.2, -0.15) is 0 Å². The van der Waals surface area contributed by atoms with Crippen LogP contribution in [0.2, 0.25) is 0 Å². The molecule has 0 aliphatic rings. The SMILES string of the molecule is CNS(=O)(=O)c1cccc(C(=O)Nc2ccc3c(c2)sc(=O)n3C)c1. The number of nitrogens with zero attached hydrogens (tertiary/aromatic N) is 1.